The second-order valence-electron chi connectivity index (χ2n) is 2.34. The van der Waals surface area contributed by atoms with Crippen molar-refractivity contribution >= 4 is 10.2 Å². The van der Waals surface area contributed by atoms with Gasteiger partial charge in [0, 0.05) is 20.1 Å². The molecule has 0 atom stereocenters. The highest BCUT2D eigenvalue weighted by Crippen LogP contribution is 1.97. The highest BCUT2D eigenvalue weighted by Gasteiger charge is 2.16. The van der Waals surface area contributed by atoms with Crippen LogP contribution in [0.5, 0.6) is 0 Å². The van der Waals surface area contributed by atoms with Crippen molar-refractivity contribution in [2.45, 2.75) is 13.3 Å². The molecule has 0 unspecified atom stereocenters. The Morgan fingerprint density at radius 2 is 2.08 bits per heavy atom. The molecular weight excluding hydrogens is 178 g/mol. The fraction of sp³-hybridized carbons (Fsp3) is 1.00. The van der Waals surface area contributed by atoms with Gasteiger partial charge in [-0.1, -0.05) is 6.92 Å². The molecule has 0 heterocycles. The zero-order valence-electron chi connectivity index (χ0n) is 7.58. The van der Waals surface area contributed by atoms with E-state index in [1.807, 2.05) is 0 Å². The molecule has 0 rings (SSSR count). The molecule has 0 aliphatic rings. The predicted molar refractivity (Wildman–Crippen MR) is 48.9 cm³/mol. The van der Waals surface area contributed by atoms with Crippen molar-refractivity contribution in [2.24, 2.45) is 5.73 Å². The molecule has 0 saturated heterocycles. The van der Waals surface area contributed by atoms with Crippen LogP contribution in [0.1, 0.15) is 13.3 Å². The Kier molecular flexibility index (Phi) is 5.39. The van der Waals surface area contributed by atoms with E-state index in [-0.39, 0.29) is 0 Å². The molecule has 5 nitrogen and oxygen atoms in total. The van der Waals surface area contributed by atoms with Crippen LogP contribution in [0.25, 0.3) is 0 Å². The van der Waals surface area contributed by atoms with Gasteiger partial charge in [0.15, 0.2) is 0 Å². The van der Waals surface area contributed by atoms with Gasteiger partial charge in [-0.2, -0.15) is 12.7 Å². The van der Waals surface area contributed by atoms with Crippen molar-refractivity contribution in [3.63, 3.8) is 0 Å². The third-order valence-corrected chi connectivity index (χ3v) is 3.20. The Labute approximate surface area is 74.1 Å². The summed E-state index contributed by atoms with van der Waals surface area (Å²) in [5.74, 6) is 0. The molecule has 0 radical (unpaired) electrons. The van der Waals surface area contributed by atoms with E-state index in [9.17, 15) is 8.42 Å². The minimum Gasteiger partial charge on any atom is -0.330 e. The van der Waals surface area contributed by atoms with Gasteiger partial charge < -0.3 is 5.73 Å². The maximum absolute atomic E-state index is 11.2. The van der Waals surface area contributed by atoms with Crippen molar-refractivity contribution in [2.75, 3.05) is 26.7 Å². The number of nitrogens with zero attached hydrogens (tertiary/aromatic N) is 1. The van der Waals surface area contributed by atoms with Gasteiger partial charge >= 0.3 is 0 Å². The molecule has 6 heteroatoms. The molecule has 0 aromatic carbocycles. The predicted octanol–water partition coefficient (Wildman–Crippen LogP) is -0.879. The normalized spacial score (nSPS) is 12.3. The van der Waals surface area contributed by atoms with Crippen molar-refractivity contribution in [1.82, 2.24) is 9.03 Å². The first-order valence-corrected chi connectivity index (χ1v) is 5.41. The van der Waals surface area contributed by atoms with Crippen molar-refractivity contribution in [3.05, 3.63) is 0 Å². The molecule has 0 aliphatic heterocycles. The van der Waals surface area contributed by atoms with E-state index in [1.54, 1.807) is 6.92 Å². The second-order valence-corrected chi connectivity index (χ2v) is 4.22. The molecule has 0 aromatic heterocycles. The summed E-state index contributed by atoms with van der Waals surface area (Å²) in [5.41, 5.74) is 5.27. The Bertz CT molecular complexity index is 203. The van der Waals surface area contributed by atoms with Gasteiger partial charge in [-0.25, -0.2) is 4.72 Å². The molecule has 3 N–H and O–H groups in total. The summed E-state index contributed by atoms with van der Waals surface area (Å²) in [5, 5.41) is 0. The lowest BCUT2D eigenvalue weighted by molar-refractivity contribution is 0.417. The maximum Gasteiger partial charge on any atom is 0.279 e. The summed E-state index contributed by atoms with van der Waals surface area (Å²) in [6.07, 6.45) is 0.689. The lowest BCUT2D eigenvalue weighted by atomic mass is 10.4. The summed E-state index contributed by atoms with van der Waals surface area (Å²) in [4.78, 5) is 0. The van der Waals surface area contributed by atoms with Gasteiger partial charge in [0.25, 0.3) is 10.2 Å². The van der Waals surface area contributed by atoms with Crippen LogP contribution < -0.4 is 10.5 Å². The van der Waals surface area contributed by atoms with Crippen LogP contribution in [-0.4, -0.2) is 39.4 Å². The van der Waals surface area contributed by atoms with Crippen LogP contribution in [0.3, 0.4) is 0 Å². The van der Waals surface area contributed by atoms with E-state index in [0.29, 0.717) is 26.1 Å². The standard InChI is InChI=1S/C6H17N3O2S/c1-3-9(6-4-5-7)12(10,11)8-2/h8H,3-7H2,1-2H3. The quantitative estimate of drug-likeness (QED) is 0.578. The van der Waals surface area contributed by atoms with Gasteiger partial charge in [-0.3, -0.25) is 0 Å². The van der Waals surface area contributed by atoms with E-state index in [1.165, 1.54) is 11.4 Å². The first kappa shape index (κ1) is 11.8. The SMILES string of the molecule is CCN(CCCN)S(=O)(=O)NC. The lowest BCUT2D eigenvalue weighted by Crippen LogP contribution is -2.39. The molecule has 0 aliphatic carbocycles. The summed E-state index contributed by atoms with van der Waals surface area (Å²) < 4.78 is 26.0. The smallest absolute Gasteiger partial charge is 0.279 e. The number of hydrogen-bond donors (Lipinski definition) is 2. The Morgan fingerprint density at radius 3 is 2.42 bits per heavy atom. The van der Waals surface area contributed by atoms with Gasteiger partial charge in [-0.15, -0.1) is 0 Å². The molecular formula is C6H17N3O2S. The number of nitrogens with one attached hydrogen (secondary N) is 1. The summed E-state index contributed by atoms with van der Waals surface area (Å²) in [7, 11) is -1.85. The van der Waals surface area contributed by atoms with Crippen molar-refractivity contribution in [3.8, 4) is 0 Å². The fourth-order valence-electron chi connectivity index (χ4n) is 0.845. The van der Waals surface area contributed by atoms with Crippen LogP contribution in [0, 0.1) is 0 Å². The molecule has 0 aromatic rings. The molecule has 0 bridgehead atoms. The van der Waals surface area contributed by atoms with E-state index < -0.39 is 10.2 Å². The highest BCUT2D eigenvalue weighted by atomic mass is 32.2. The van der Waals surface area contributed by atoms with E-state index in [4.69, 9.17) is 5.73 Å². The number of nitrogens with two attached hydrogens (primary N) is 1. The topological polar surface area (TPSA) is 75.4 Å². The Morgan fingerprint density at radius 1 is 1.50 bits per heavy atom. The van der Waals surface area contributed by atoms with Crippen LogP contribution in [0.15, 0.2) is 0 Å². The van der Waals surface area contributed by atoms with Crippen LogP contribution in [0.2, 0.25) is 0 Å². The average molecular weight is 195 g/mol. The van der Waals surface area contributed by atoms with Gasteiger partial charge in [0.1, 0.15) is 0 Å². The zero-order chi connectivity index (χ0) is 9.61. The van der Waals surface area contributed by atoms with E-state index in [0.717, 1.165) is 0 Å². The highest BCUT2D eigenvalue weighted by molar-refractivity contribution is 7.87. The second kappa shape index (κ2) is 5.47. The van der Waals surface area contributed by atoms with E-state index in [2.05, 4.69) is 4.72 Å². The number of rotatable bonds is 6. The van der Waals surface area contributed by atoms with Gasteiger partial charge in [-0.05, 0) is 13.0 Å². The zero-order valence-corrected chi connectivity index (χ0v) is 8.39. The van der Waals surface area contributed by atoms with Crippen molar-refractivity contribution in [1.29, 1.82) is 0 Å². The molecule has 0 amide bonds. The molecule has 0 fully saturated rings. The van der Waals surface area contributed by atoms with Crippen molar-refractivity contribution < 1.29 is 8.42 Å². The Hall–Kier alpha value is -0.170. The monoisotopic (exact) mass is 195 g/mol. The van der Waals surface area contributed by atoms with Crippen LogP contribution in [-0.2, 0) is 10.2 Å². The summed E-state index contributed by atoms with van der Waals surface area (Å²) >= 11 is 0. The minimum absolute atomic E-state index is 0.475. The van der Waals surface area contributed by atoms with E-state index >= 15 is 0 Å². The molecule has 0 spiro atoms. The maximum atomic E-state index is 11.2. The first-order valence-electron chi connectivity index (χ1n) is 3.97. The third kappa shape index (κ3) is 3.48. The molecule has 12 heavy (non-hydrogen) atoms. The third-order valence-electron chi connectivity index (χ3n) is 1.56. The molecule has 74 valence electrons. The number of hydrogen-bond acceptors (Lipinski definition) is 3. The first-order chi connectivity index (χ1) is 5.58. The Balaban J connectivity index is 4.15. The van der Waals surface area contributed by atoms with Crippen LogP contribution >= 0.6 is 0 Å². The minimum atomic E-state index is -3.25. The van der Waals surface area contributed by atoms with Crippen LogP contribution in [0.4, 0.5) is 0 Å². The average Bonchev–Trinajstić information content (AvgIpc) is 2.05. The summed E-state index contributed by atoms with van der Waals surface area (Å²) in [6, 6.07) is 0. The lowest BCUT2D eigenvalue weighted by Gasteiger charge is -2.18. The largest absolute Gasteiger partial charge is 0.330 e. The van der Waals surface area contributed by atoms with Gasteiger partial charge in [0.2, 0.25) is 0 Å². The van der Waals surface area contributed by atoms with Gasteiger partial charge in [0.05, 0.1) is 0 Å². The molecule has 0 saturated carbocycles. The fourth-order valence-corrected chi connectivity index (χ4v) is 1.81. The summed E-state index contributed by atoms with van der Waals surface area (Å²) in [6.45, 7) is 3.26.